The number of para-hydroxylation sites is 1. The number of carbonyl (C=O) groups excluding carboxylic acids is 1. The molecule has 0 aliphatic rings. The predicted octanol–water partition coefficient (Wildman–Crippen LogP) is 3.19. The lowest BCUT2D eigenvalue weighted by Crippen LogP contribution is -2.26. The molecule has 0 atom stereocenters. The molecule has 0 fully saturated rings. The van der Waals surface area contributed by atoms with E-state index in [1.165, 1.54) is 36.4 Å². The zero-order valence-corrected chi connectivity index (χ0v) is 14.1. The fraction of sp³-hybridized carbons (Fsp3) is 0.235. The highest BCUT2D eigenvalue weighted by atomic mass is 19.3. The van der Waals surface area contributed by atoms with E-state index in [0.29, 0.717) is 11.3 Å². The lowest BCUT2D eigenvalue weighted by Gasteiger charge is -2.17. The highest BCUT2D eigenvalue weighted by molar-refractivity contribution is 6.00. The van der Waals surface area contributed by atoms with Crippen LogP contribution < -0.4 is 15.0 Å². The molecule has 0 unspecified atom stereocenters. The van der Waals surface area contributed by atoms with Crippen molar-refractivity contribution in [2.24, 2.45) is 0 Å². The Balaban J connectivity index is 2.23. The number of nitrogens with one attached hydrogen (secondary N) is 1. The number of hydrogen-bond donors (Lipinski definition) is 1. The quantitative estimate of drug-likeness (QED) is 0.602. The largest absolute Gasteiger partial charge is 0.434 e. The molecule has 0 bridgehead atoms. The van der Waals surface area contributed by atoms with Crippen molar-refractivity contribution in [3.63, 3.8) is 0 Å². The van der Waals surface area contributed by atoms with E-state index in [1.807, 2.05) is 0 Å². The number of carbonyl (C=O) groups is 1. The molecule has 0 saturated carbocycles. The van der Waals surface area contributed by atoms with Crippen molar-refractivity contribution < 1.29 is 23.2 Å². The van der Waals surface area contributed by atoms with Gasteiger partial charge in [0, 0.05) is 44.0 Å². The molecule has 2 aromatic rings. The van der Waals surface area contributed by atoms with Gasteiger partial charge in [-0.05, 0) is 12.1 Å². The third-order valence-electron chi connectivity index (χ3n) is 3.55. The first-order chi connectivity index (χ1) is 12.3. The van der Waals surface area contributed by atoms with Gasteiger partial charge < -0.3 is 15.0 Å². The number of nitro groups is 1. The van der Waals surface area contributed by atoms with Crippen LogP contribution in [-0.2, 0) is 6.54 Å². The molecule has 0 aromatic heterocycles. The summed E-state index contributed by atoms with van der Waals surface area (Å²) in [6.07, 6.45) is 0. The molecule has 26 heavy (non-hydrogen) atoms. The molecule has 7 nitrogen and oxygen atoms in total. The molecule has 1 amide bonds. The topological polar surface area (TPSA) is 84.7 Å². The zero-order chi connectivity index (χ0) is 19.3. The molecule has 0 aliphatic carbocycles. The molecule has 0 saturated heterocycles. The second-order valence-corrected chi connectivity index (χ2v) is 5.52. The van der Waals surface area contributed by atoms with Crippen LogP contribution in [-0.4, -0.2) is 31.5 Å². The summed E-state index contributed by atoms with van der Waals surface area (Å²) in [6, 6.07) is 10.0. The number of halogens is 2. The van der Waals surface area contributed by atoms with Gasteiger partial charge in [0.1, 0.15) is 5.75 Å². The number of anilines is 1. The molecule has 2 rings (SSSR count). The molecule has 2 aromatic carbocycles. The van der Waals surface area contributed by atoms with E-state index in [1.54, 1.807) is 25.1 Å². The Morgan fingerprint density at radius 1 is 1.27 bits per heavy atom. The number of rotatable bonds is 7. The second-order valence-electron chi connectivity index (χ2n) is 5.52. The maximum absolute atomic E-state index is 12.5. The van der Waals surface area contributed by atoms with Crippen molar-refractivity contribution in [2.45, 2.75) is 13.2 Å². The highest BCUT2D eigenvalue weighted by Gasteiger charge is 2.18. The number of ether oxygens (including phenoxy) is 1. The minimum absolute atomic E-state index is 0.0466. The van der Waals surface area contributed by atoms with Gasteiger partial charge >= 0.3 is 6.61 Å². The van der Waals surface area contributed by atoms with Crippen LogP contribution >= 0.6 is 0 Å². The number of benzene rings is 2. The van der Waals surface area contributed by atoms with Gasteiger partial charge in [-0.25, -0.2) is 0 Å². The van der Waals surface area contributed by atoms with Gasteiger partial charge in [0.25, 0.3) is 11.6 Å². The average molecular weight is 365 g/mol. The van der Waals surface area contributed by atoms with E-state index in [2.05, 4.69) is 10.1 Å². The van der Waals surface area contributed by atoms with Gasteiger partial charge in [-0.15, -0.1) is 0 Å². The van der Waals surface area contributed by atoms with Gasteiger partial charge in [0.15, 0.2) is 0 Å². The molecule has 0 radical (unpaired) electrons. The van der Waals surface area contributed by atoms with Crippen LogP contribution in [0.5, 0.6) is 5.75 Å². The fourth-order valence-corrected chi connectivity index (χ4v) is 2.34. The van der Waals surface area contributed by atoms with Crippen molar-refractivity contribution >= 4 is 17.3 Å². The Labute approximate surface area is 148 Å². The van der Waals surface area contributed by atoms with E-state index in [0.717, 1.165) is 0 Å². The van der Waals surface area contributed by atoms with Gasteiger partial charge in [-0.2, -0.15) is 8.78 Å². The number of nitrogens with zero attached hydrogens (tertiary/aromatic N) is 2. The van der Waals surface area contributed by atoms with Crippen LogP contribution in [0.25, 0.3) is 0 Å². The summed E-state index contributed by atoms with van der Waals surface area (Å²) in [5, 5.41) is 13.5. The molecule has 138 valence electrons. The lowest BCUT2D eigenvalue weighted by atomic mass is 10.1. The highest BCUT2D eigenvalue weighted by Crippen LogP contribution is 2.25. The number of amides is 1. The van der Waals surface area contributed by atoms with E-state index in [4.69, 9.17) is 0 Å². The molecule has 0 aliphatic heterocycles. The predicted molar refractivity (Wildman–Crippen MR) is 91.7 cm³/mol. The van der Waals surface area contributed by atoms with Crippen molar-refractivity contribution in [1.29, 1.82) is 0 Å². The summed E-state index contributed by atoms with van der Waals surface area (Å²) < 4.78 is 29.3. The molecule has 0 spiro atoms. The van der Waals surface area contributed by atoms with Crippen molar-refractivity contribution in [1.82, 2.24) is 5.32 Å². The Morgan fingerprint density at radius 3 is 2.58 bits per heavy atom. The first-order valence-corrected chi connectivity index (χ1v) is 7.56. The summed E-state index contributed by atoms with van der Waals surface area (Å²) in [5.74, 6) is -0.612. The van der Waals surface area contributed by atoms with E-state index < -0.39 is 17.4 Å². The number of non-ortho nitro benzene ring substituents is 1. The zero-order valence-electron chi connectivity index (χ0n) is 14.1. The van der Waals surface area contributed by atoms with Gasteiger partial charge in [-0.3, -0.25) is 14.9 Å². The smallest absolute Gasteiger partial charge is 0.387 e. The SMILES string of the molecule is CN(C)c1ccc([N+](=O)[O-])cc1C(=O)NCc1ccccc1OC(F)F. The minimum atomic E-state index is -2.98. The summed E-state index contributed by atoms with van der Waals surface area (Å²) >= 11 is 0. The molecule has 0 heterocycles. The maximum atomic E-state index is 12.5. The number of alkyl halides is 2. The third kappa shape index (κ3) is 4.65. The Hall–Kier alpha value is -3.23. The van der Waals surface area contributed by atoms with Gasteiger partial charge in [0.2, 0.25) is 0 Å². The van der Waals surface area contributed by atoms with Crippen LogP contribution in [0.3, 0.4) is 0 Å². The standard InChI is InChI=1S/C17H17F2N3O4/c1-21(2)14-8-7-12(22(24)25)9-13(14)16(23)20-10-11-5-3-4-6-15(11)26-17(18)19/h3-9,17H,10H2,1-2H3,(H,20,23). The van der Waals surface area contributed by atoms with Crippen molar-refractivity contribution in [2.75, 3.05) is 19.0 Å². The van der Waals surface area contributed by atoms with Crippen molar-refractivity contribution in [3.8, 4) is 5.75 Å². The summed E-state index contributed by atoms with van der Waals surface area (Å²) in [5.41, 5.74) is 0.738. The molecule has 1 N–H and O–H groups in total. The molecular formula is C17H17F2N3O4. The fourth-order valence-electron chi connectivity index (χ4n) is 2.34. The summed E-state index contributed by atoms with van der Waals surface area (Å²) in [7, 11) is 3.40. The minimum Gasteiger partial charge on any atom is -0.434 e. The second kappa shape index (κ2) is 8.24. The van der Waals surface area contributed by atoms with Crippen LogP contribution in [0.2, 0.25) is 0 Å². The van der Waals surface area contributed by atoms with Crippen LogP contribution in [0.4, 0.5) is 20.2 Å². The number of hydrogen-bond acceptors (Lipinski definition) is 5. The maximum Gasteiger partial charge on any atom is 0.387 e. The Morgan fingerprint density at radius 2 is 1.96 bits per heavy atom. The summed E-state index contributed by atoms with van der Waals surface area (Å²) in [4.78, 5) is 24.5. The van der Waals surface area contributed by atoms with Crippen LogP contribution in [0.15, 0.2) is 42.5 Å². The third-order valence-corrected chi connectivity index (χ3v) is 3.55. The Bertz CT molecular complexity index is 812. The van der Waals surface area contributed by atoms with Gasteiger partial charge in [0.05, 0.1) is 10.5 Å². The Kier molecular flexibility index (Phi) is 6.05. The normalized spacial score (nSPS) is 10.5. The first-order valence-electron chi connectivity index (χ1n) is 7.56. The monoisotopic (exact) mass is 365 g/mol. The van der Waals surface area contributed by atoms with E-state index in [9.17, 15) is 23.7 Å². The average Bonchev–Trinajstić information content (AvgIpc) is 2.59. The van der Waals surface area contributed by atoms with E-state index >= 15 is 0 Å². The number of nitro benzene ring substituents is 1. The first kappa shape index (κ1) is 19.1. The van der Waals surface area contributed by atoms with Crippen LogP contribution in [0, 0.1) is 10.1 Å². The van der Waals surface area contributed by atoms with Crippen LogP contribution in [0.1, 0.15) is 15.9 Å². The molecular weight excluding hydrogens is 348 g/mol. The lowest BCUT2D eigenvalue weighted by molar-refractivity contribution is -0.384. The van der Waals surface area contributed by atoms with Gasteiger partial charge in [-0.1, -0.05) is 18.2 Å². The van der Waals surface area contributed by atoms with E-state index in [-0.39, 0.29) is 23.5 Å². The van der Waals surface area contributed by atoms with Crippen molar-refractivity contribution in [3.05, 3.63) is 63.7 Å². The summed E-state index contributed by atoms with van der Waals surface area (Å²) in [6.45, 7) is -3.05. The molecule has 9 heteroatoms.